The number of aromatic nitrogens is 1. The van der Waals surface area contributed by atoms with Crippen molar-refractivity contribution in [3.8, 4) is 0 Å². The van der Waals surface area contributed by atoms with E-state index >= 15 is 0 Å². The number of ether oxygens (including phenoxy) is 2. The number of aliphatic hydroxyl groups excluding tert-OH is 2. The molecule has 0 radical (unpaired) electrons. The minimum Gasteiger partial charge on any atom is -0.444 e. The van der Waals surface area contributed by atoms with Crippen molar-refractivity contribution in [1.82, 2.24) is 52.3 Å². The second kappa shape index (κ2) is 29.6. The molecule has 1 aromatic heterocycles. The van der Waals surface area contributed by atoms with E-state index in [1.165, 1.54) is 24.3 Å². The Bertz CT molecular complexity index is 2340. The Labute approximate surface area is 419 Å². The average Bonchev–Trinajstić information content (AvgIpc) is 3.35. The number of nitrogens with zero attached hydrogens (tertiary/aromatic N) is 2. The third kappa shape index (κ3) is 18.8. The number of hydroxylamine groups is 2. The number of fused-ring (bicyclic) bond motifs is 2. The van der Waals surface area contributed by atoms with Crippen LogP contribution >= 0.6 is 0 Å². The van der Waals surface area contributed by atoms with Gasteiger partial charge in [0.15, 0.2) is 6.23 Å². The summed E-state index contributed by atoms with van der Waals surface area (Å²) in [7, 11) is 0. The zero-order valence-corrected chi connectivity index (χ0v) is 41.2. The molecule has 4 aliphatic heterocycles. The standard InChI is InChI=1S/C50H70N10O12/c1-50(2,3)72-49(68)56-29-31-69-30-28-55-44(63)39-32-57-45(64)40-20-18-37(47(66)59(40)70-33-35-14-6-4-7-15-35)42(61)53-26-12-24-51-22-10-11-23-52-25-13-27-54-43(62)38-19-21-41(46(65)58-39)60(48(38)67)71-34-36-16-8-5-9-17-36/h4-9,14-21,39,46-47,51-52,58,65-66H,10-13,22-34H2,1-3H3,(H,53,61)(H,54,62)(H,55,63)(H,56,68)(H,57,64). The molecule has 10 N–H and O–H groups in total. The summed E-state index contributed by atoms with van der Waals surface area (Å²) in [5.74, 6) is -2.75. The van der Waals surface area contributed by atoms with E-state index in [0.29, 0.717) is 43.6 Å². The highest BCUT2D eigenvalue weighted by molar-refractivity contribution is 5.98. The highest BCUT2D eigenvalue weighted by Gasteiger charge is 2.35. The van der Waals surface area contributed by atoms with Crippen molar-refractivity contribution in [2.75, 3.05) is 72.1 Å². The van der Waals surface area contributed by atoms with E-state index in [4.69, 9.17) is 19.1 Å². The largest absolute Gasteiger partial charge is 0.444 e. The van der Waals surface area contributed by atoms with E-state index in [1.807, 2.05) is 12.1 Å². The molecule has 0 aliphatic carbocycles. The maximum absolute atomic E-state index is 14.1. The SMILES string of the molecule is CC(C)(C)OC(=O)NCCOCCNC(=O)C1CNC(=O)C2=CC=C(C(=O)NCCCNCCCCNCCCNC(=O)c3ccc(n(OCc4ccccc4)c3=O)C(O)N1)C(O)N2OCc1ccccc1. The summed E-state index contributed by atoms with van der Waals surface area (Å²) in [6, 6.07) is 19.0. The van der Waals surface area contributed by atoms with Crippen molar-refractivity contribution < 1.29 is 53.3 Å². The van der Waals surface area contributed by atoms with Crippen LogP contribution in [0.4, 0.5) is 4.79 Å². The van der Waals surface area contributed by atoms with Crippen molar-refractivity contribution in [1.29, 1.82) is 0 Å². The molecule has 3 aromatic rings. The number of carbonyl (C=O) groups is 5. The zero-order valence-electron chi connectivity index (χ0n) is 41.2. The molecule has 4 aliphatic rings. The molecular formula is C50H70N10O12. The first kappa shape index (κ1) is 56.3. The number of nitrogens with one attached hydrogen (secondary N) is 8. The molecule has 22 nitrogen and oxygen atoms in total. The van der Waals surface area contributed by atoms with Crippen LogP contribution in [0.2, 0.25) is 0 Å². The van der Waals surface area contributed by atoms with E-state index < -0.39 is 65.9 Å². The normalized spacial score (nSPS) is 19.4. The lowest BCUT2D eigenvalue weighted by Crippen LogP contribution is -2.54. The Morgan fingerprint density at radius 1 is 0.681 bits per heavy atom. The first-order valence-electron chi connectivity index (χ1n) is 24.2. The predicted octanol–water partition coefficient (Wildman–Crippen LogP) is 0.375. The summed E-state index contributed by atoms with van der Waals surface area (Å²) in [6.07, 6.45) is 1.51. The summed E-state index contributed by atoms with van der Waals surface area (Å²) >= 11 is 0. The van der Waals surface area contributed by atoms with Gasteiger partial charge in [-0.2, -0.15) is 0 Å². The van der Waals surface area contributed by atoms with Gasteiger partial charge in [-0.3, -0.25) is 34.1 Å². The predicted molar refractivity (Wildman–Crippen MR) is 265 cm³/mol. The third-order valence-electron chi connectivity index (χ3n) is 10.9. The van der Waals surface area contributed by atoms with Gasteiger partial charge in [-0.05, 0) is 108 Å². The van der Waals surface area contributed by atoms with Crippen molar-refractivity contribution in [2.24, 2.45) is 0 Å². The maximum Gasteiger partial charge on any atom is 0.407 e. The fourth-order valence-electron chi connectivity index (χ4n) is 7.15. The highest BCUT2D eigenvalue weighted by Crippen LogP contribution is 2.23. The lowest BCUT2D eigenvalue weighted by atomic mass is 10.1. The molecule has 392 valence electrons. The fraction of sp³-hybridized carbons (Fsp3) is 0.480. The van der Waals surface area contributed by atoms with E-state index in [2.05, 4.69) is 42.5 Å². The number of amides is 5. The fourth-order valence-corrected chi connectivity index (χ4v) is 7.15. The number of alkyl carbamates (subject to hydrolysis) is 1. The highest BCUT2D eigenvalue weighted by atomic mass is 16.7. The minimum atomic E-state index is -1.82. The van der Waals surface area contributed by atoms with Crippen LogP contribution in [0.25, 0.3) is 0 Å². The summed E-state index contributed by atoms with van der Waals surface area (Å²) in [5.41, 5.74) is -0.887. The maximum atomic E-state index is 14.1. The summed E-state index contributed by atoms with van der Waals surface area (Å²) in [6.45, 7) is 8.10. The lowest BCUT2D eigenvalue weighted by Gasteiger charge is -2.33. The van der Waals surface area contributed by atoms with Gasteiger partial charge in [0.2, 0.25) is 5.91 Å². The molecule has 72 heavy (non-hydrogen) atoms. The van der Waals surface area contributed by atoms with Gasteiger partial charge >= 0.3 is 6.09 Å². The Morgan fingerprint density at radius 3 is 1.89 bits per heavy atom. The number of aliphatic hydroxyl groups is 2. The number of hydrogen-bond donors (Lipinski definition) is 10. The Hall–Kier alpha value is -6.66. The van der Waals surface area contributed by atoms with Gasteiger partial charge in [0.1, 0.15) is 48.0 Å². The number of benzene rings is 2. The number of carbonyl (C=O) groups excluding carboxylic acids is 5. The molecule has 4 bridgehead atoms. The molecule has 7 rings (SSSR count). The van der Waals surface area contributed by atoms with Crippen LogP contribution in [0.1, 0.15) is 79.9 Å². The van der Waals surface area contributed by atoms with Crippen molar-refractivity contribution in [2.45, 2.75) is 83.8 Å². The van der Waals surface area contributed by atoms with Gasteiger partial charge in [-0.1, -0.05) is 60.7 Å². The zero-order chi connectivity index (χ0) is 51.7. The smallest absolute Gasteiger partial charge is 0.407 e. The van der Waals surface area contributed by atoms with E-state index in [9.17, 15) is 39.0 Å². The lowest BCUT2D eigenvalue weighted by molar-refractivity contribution is -0.214. The molecule has 3 atom stereocenters. The molecule has 5 heterocycles. The average molecular weight is 1000 g/mol. The first-order valence-corrected chi connectivity index (χ1v) is 24.2. The summed E-state index contributed by atoms with van der Waals surface area (Å²) in [5, 5.41) is 47.3. The van der Waals surface area contributed by atoms with Crippen molar-refractivity contribution >= 4 is 29.7 Å². The van der Waals surface area contributed by atoms with Crippen LogP contribution in [0, 0.1) is 0 Å². The van der Waals surface area contributed by atoms with Gasteiger partial charge in [0, 0.05) is 32.7 Å². The number of pyridine rings is 1. The van der Waals surface area contributed by atoms with Crippen LogP contribution in [0.3, 0.4) is 0 Å². The van der Waals surface area contributed by atoms with Crippen LogP contribution in [0.5, 0.6) is 0 Å². The van der Waals surface area contributed by atoms with Gasteiger partial charge in [-0.15, -0.1) is 4.73 Å². The topological polar surface area (TPSA) is 284 Å². The second-order valence-electron chi connectivity index (χ2n) is 17.8. The van der Waals surface area contributed by atoms with Crippen molar-refractivity contribution in [3.63, 3.8) is 0 Å². The molecule has 22 heteroatoms. The number of allylic oxidation sites excluding steroid dienone is 2. The molecular weight excluding hydrogens is 933 g/mol. The molecule has 5 amide bonds. The van der Waals surface area contributed by atoms with Crippen LogP contribution < -0.4 is 52.9 Å². The molecule has 0 saturated carbocycles. The van der Waals surface area contributed by atoms with Crippen molar-refractivity contribution in [3.05, 3.63) is 129 Å². The van der Waals surface area contributed by atoms with E-state index in [-0.39, 0.29) is 68.6 Å². The van der Waals surface area contributed by atoms with E-state index in [1.54, 1.807) is 69.3 Å². The van der Waals surface area contributed by atoms with Gasteiger partial charge in [0.25, 0.3) is 23.3 Å². The monoisotopic (exact) mass is 1000 g/mol. The van der Waals surface area contributed by atoms with Gasteiger partial charge in [-0.25, -0.2) is 9.86 Å². The Balaban J connectivity index is 1.40. The summed E-state index contributed by atoms with van der Waals surface area (Å²) < 4.78 is 11.6. The quantitative estimate of drug-likeness (QED) is 0.104. The minimum absolute atomic E-state index is 0.00784. The molecule has 0 saturated heterocycles. The van der Waals surface area contributed by atoms with E-state index in [0.717, 1.165) is 35.7 Å². The van der Waals surface area contributed by atoms with Gasteiger partial charge in [0.05, 0.1) is 18.8 Å². The van der Waals surface area contributed by atoms with Gasteiger partial charge < -0.3 is 61.7 Å². The molecule has 2 aromatic carbocycles. The Morgan fingerprint density at radius 2 is 1.26 bits per heavy atom. The number of rotatable bonds is 13. The molecule has 3 unspecified atom stereocenters. The molecule has 0 fully saturated rings. The second-order valence-corrected chi connectivity index (χ2v) is 17.8. The number of hydrogen-bond acceptors (Lipinski definition) is 16. The third-order valence-corrected chi connectivity index (χ3v) is 10.9. The summed E-state index contributed by atoms with van der Waals surface area (Å²) in [4.78, 5) is 92.8. The van der Waals surface area contributed by atoms with Crippen LogP contribution in [-0.2, 0) is 41.9 Å². The van der Waals surface area contributed by atoms with Crippen LogP contribution in [-0.4, -0.2) is 140 Å². The first-order chi connectivity index (χ1) is 34.7. The molecule has 0 spiro atoms. The Kier molecular flexibility index (Phi) is 23.1. The van der Waals surface area contributed by atoms with Crippen LogP contribution in [0.15, 0.2) is 101 Å².